The molecule has 1 aliphatic heterocycles. The van der Waals surface area contributed by atoms with E-state index in [0.717, 1.165) is 27.3 Å². The van der Waals surface area contributed by atoms with Crippen LogP contribution in [-0.2, 0) is 29.6 Å². The number of nitrogens with one attached hydrogen (secondary N) is 2. The number of amides is 4. The molecule has 4 rings (SSSR count). The number of urea groups is 1. The monoisotopic (exact) mass is 435 g/mol. The predicted molar refractivity (Wildman–Crippen MR) is 118 cm³/mol. The van der Waals surface area contributed by atoms with Crippen molar-refractivity contribution < 1.29 is 19.1 Å². The molecular formula is C23H25N5O4. The number of hydrogen-bond acceptors (Lipinski definition) is 5. The fraction of sp³-hybridized carbons (Fsp3) is 0.304. The maximum absolute atomic E-state index is 12.6. The number of nitrogens with zero attached hydrogens (tertiary/aromatic N) is 3. The van der Waals surface area contributed by atoms with Gasteiger partial charge in [0.2, 0.25) is 5.91 Å². The van der Waals surface area contributed by atoms with Gasteiger partial charge >= 0.3 is 6.03 Å². The van der Waals surface area contributed by atoms with Gasteiger partial charge in [-0.15, -0.1) is 0 Å². The van der Waals surface area contributed by atoms with Crippen LogP contribution in [0.2, 0.25) is 0 Å². The molecule has 32 heavy (non-hydrogen) atoms. The molecule has 2 N–H and O–H groups in total. The Morgan fingerprint density at radius 2 is 1.91 bits per heavy atom. The van der Waals surface area contributed by atoms with Crippen molar-refractivity contribution >= 4 is 28.9 Å². The molecule has 0 bridgehead atoms. The van der Waals surface area contributed by atoms with Crippen molar-refractivity contribution in [1.82, 2.24) is 25.1 Å². The molecule has 4 amide bonds. The van der Waals surface area contributed by atoms with Crippen molar-refractivity contribution in [3.8, 4) is 5.75 Å². The van der Waals surface area contributed by atoms with Crippen LogP contribution in [0.4, 0.5) is 4.79 Å². The minimum absolute atomic E-state index is 0.105. The summed E-state index contributed by atoms with van der Waals surface area (Å²) >= 11 is 0. The van der Waals surface area contributed by atoms with Crippen LogP contribution in [-0.4, -0.2) is 52.0 Å². The number of para-hydroxylation sites is 2. The van der Waals surface area contributed by atoms with Gasteiger partial charge in [-0.3, -0.25) is 14.5 Å². The lowest BCUT2D eigenvalue weighted by Gasteiger charge is -2.13. The van der Waals surface area contributed by atoms with Crippen molar-refractivity contribution in [2.24, 2.45) is 7.05 Å². The van der Waals surface area contributed by atoms with Crippen LogP contribution in [0.3, 0.4) is 0 Å². The lowest BCUT2D eigenvalue weighted by atomic mass is 10.1. The van der Waals surface area contributed by atoms with E-state index in [0.29, 0.717) is 18.7 Å². The van der Waals surface area contributed by atoms with Gasteiger partial charge < -0.3 is 19.9 Å². The van der Waals surface area contributed by atoms with E-state index in [1.54, 1.807) is 31.4 Å². The van der Waals surface area contributed by atoms with Crippen molar-refractivity contribution in [2.45, 2.75) is 25.4 Å². The van der Waals surface area contributed by atoms with E-state index in [9.17, 15) is 14.4 Å². The first kappa shape index (κ1) is 21.4. The maximum atomic E-state index is 12.6. The minimum atomic E-state index is -0.864. The molecule has 9 heteroatoms. The smallest absolute Gasteiger partial charge is 0.325 e. The number of aromatic nitrogens is 2. The van der Waals surface area contributed by atoms with Crippen molar-refractivity contribution in [2.75, 3.05) is 13.7 Å². The first-order valence-corrected chi connectivity index (χ1v) is 10.4. The molecule has 2 aromatic carbocycles. The molecule has 0 unspecified atom stereocenters. The molecule has 1 aliphatic rings. The summed E-state index contributed by atoms with van der Waals surface area (Å²) < 4.78 is 7.11. The van der Waals surface area contributed by atoms with Gasteiger partial charge in [0.25, 0.3) is 5.91 Å². The van der Waals surface area contributed by atoms with Crippen molar-refractivity contribution in [3.05, 3.63) is 59.9 Å². The van der Waals surface area contributed by atoms with E-state index in [1.807, 2.05) is 35.9 Å². The van der Waals surface area contributed by atoms with Gasteiger partial charge in [-0.1, -0.05) is 24.3 Å². The third-order valence-corrected chi connectivity index (χ3v) is 5.55. The summed E-state index contributed by atoms with van der Waals surface area (Å²) in [6.07, 6.45) is 0.456. The number of imide groups is 1. The summed E-state index contributed by atoms with van der Waals surface area (Å²) in [6.45, 7) is 0.528. The average molecular weight is 435 g/mol. The van der Waals surface area contributed by atoms with Gasteiger partial charge in [0.1, 0.15) is 17.6 Å². The van der Waals surface area contributed by atoms with Crippen LogP contribution in [0.25, 0.3) is 11.0 Å². The molecule has 2 heterocycles. The van der Waals surface area contributed by atoms with E-state index in [4.69, 9.17) is 4.74 Å². The highest BCUT2D eigenvalue weighted by Gasteiger charge is 2.38. The van der Waals surface area contributed by atoms with Crippen LogP contribution in [0.5, 0.6) is 5.75 Å². The Morgan fingerprint density at radius 3 is 2.62 bits per heavy atom. The number of benzene rings is 2. The molecule has 1 fully saturated rings. The second kappa shape index (κ2) is 9.09. The molecule has 3 aromatic rings. The molecule has 1 aromatic heterocycles. The molecule has 0 radical (unpaired) electrons. The second-order valence-corrected chi connectivity index (χ2v) is 7.65. The van der Waals surface area contributed by atoms with Crippen LogP contribution >= 0.6 is 0 Å². The number of fused-ring (bicyclic) bond motifs is 1. The van der Waals surface area contributed by atoms with Crippen molar-refractivity contribution in [1.29, 1.82) is 0 Å². The zero-order valence-electron chi connectivity index (χ0n) is 18.0. The van der Waals surface area contributed by atoms with E-state index in [-0.39, 0.29) is 18.9 Å². The van der Waals surface area contributed by atoms with E-state index < -0.39 is 18.0 Å². The van der Waals surface area contributed by atoms with E-state index >= 15 is 0 Å². The molecular weight excluding hydrogens is 410 g/mol. The Morgan fingerprint density at radius 1 is 1.16 bits per heavy atom. The highest BCUT2D eigenvalue weighted by Crippen LogP contribution is 2.17. The number of rotatable bonds is 8. The molecule has 1 atom stereocenters. The van der Waals surface area contributed by atoms with Gasteiger partial charge in [0.15, 0.2) is 0 Å². The van der Waals surface area contributed by atoms with Crippen LogP contribution in [0.1, 0.15) is 17.8 Å². The molecule has 0 spiro atoms. The molecule has 9 nitrogen and oxygen atoms in total. The summed E-state index contributed by atoms with van der Waals surface area (Å²) in [5.41, 5.74) is 2.74. The maximum Gasteiger partial charge on any atom is 0.325 e. The zero-order valence-corrected chi connectivity index (χ0v) is 18.0. The Hall–Kier alpha value is -3.88. The largest absolute Gasteiger partial charge is 0.497 e. The fourth-order valence-electron chi connectivity index (χ4n) is 3.77. The fourth-order valence-corrected chi connectivity index (χ4v) is 3.77. The molecule has 0 aliphatic carbocycles. The van der Waals surface area contributed by atoms with Gasteiger partial charge in [0.05, 0.1) is 31.1 Å². The lowest BCUT2D eigenvalue weighted by molar-refractivity contribution is -0.131. The summed E-state index contributed by atoms with van der Waals surface area (Å²) in [4.78, 5) is 43.0. The van der Waals surface area contributed by atoms with Crippen molar-refractivity contribution in [3.63, 3.8) is 0 Å². The lowest BCUT2D eigenvalue weighted by Crippen LogP contribution is -2.37. The van der Waals surface area contributed by atoms with Crippen LogP contribution < -0.4 is 15.4 Å². The second-order valence-electron chi connectivity index (χ2n) is 7.65. The quantitative estimate of drug-likeness (QED) is 0.525. The average Bonchev–Trinajstić information content (AvgIpc) is 3.25. The summed E-state index contributed by atoms with van der Waals surface area (Å²) in [7, 11) is 3.51. The van der Waals surface area contributed by atoms with Gasteiger partial charge in [-0.25, -0.2) is 9.78 Å². The molecule has 1 saturated heterocycles. The summed E-state index contributed by atoms with van der Waals surface area (Å²) in [6, 6.07) is 13.6. The first-order valence-electron chi connectivity index (χ1n) is 10.4. The standard InChI is InChI=1S/C23H25N5O4/c1-27-19-6-4-3-5-17(19)25-20(27)11-12-24-21(29)13-18-22(30)28(23(31)26-18)14-15-7-9-16(32-2)10-8-15/h3-10,18H,11-14H2,1-2H3,(H,24,29)(H,26,31)/t18-/m1/s1. The third kappa shape index (κ3) is 4.41. The Kier molecular flexibility index (Phi) is 6.07. The van der Waals surface area contributed by atoms with Gasteiger partial charge in [-0.2, -0.15) is 0 Å². The molecule has 166 valence electrons. The van der Waals surface area contributed by atoms with E-state index in [1.165, 1.54) is 0 Å². The number of hydrogen-bond donors (Lipinski definition) is 2. The highest BCUT2D eigenvalue weighted by atomic mass is 16.5. The predicted octanol–water partition coefficient (Wildman–Crippen LogP) is 1.75. The summed E-state index contributed by atoms with van der Waals surface area (Å²) in [5, 5.41) is 5.41. The van der Waals surface area contributed by atoms with Crippen LogP contribution in [0, 0.1) is 0 Å². The Labute approximate surface area is 185 Å². The van der Waals surface area contributed by atoms with Gasteiger partial charge in [0, 0.05) is 20.0 Å². The SMILES string of the molecule is COc1ccc(CN2C(=O)N[C@H](CC(=O)NCCc3nc4ccccc4n3C)C2=O)cc1. The Bertz CT molecular complexity index is 1150. The van der Waals surface area contributed by atoms with E-state index in [2.05, 4.69) is 15.6 Å². The third-order valence-electron chi connectivity index (χ3n) is 5.55. The number of carbonyl (C=O) groups excluding carboxylic acids is 3. The van der Waals surface area contributed by atoms with Gasteiger partial charge in [-0.05, 0) is 29.8 Å². The summed E-state index contributed by atoms with van der Waals surface area (Å²) in [5.74, 6) is 0.853. The zero-order chi connectivity index (χ0) is 22.7. The topological polar surface area (TPSA) is 106 Å². The number of aryl methyl sites for hydroxylation is 1. The number of imidazole rings is 1. The molecule has 0 saturated carbocycles. The Balaban J connectivity index is 1.28. The highest BCUT2D eigenvalue weighted by molar-refractivity contribution is 6.05. The number of ether oxygens (including phenoxy) is 1. The number of carbonyl (C=O) groups is 3. The normalized spacial score (nSPS) is 15.8. The van der Waals surface area contributed by atoms with Crippen LogP contribution in [0.15, 0.2) is 48.5 Å². The minimum Gasteiger partial charge on any atom is -0.497 e. The number of methoxy groups -OCH3 is 1. The first-order chi connectivity index (χ1) is 15.5.